The first-order chi connectivity index (χ1) is 8.96. The van der Waals surface area contributed by atoms with Gasteiger partial charge in [0, 0.05) is 12.1 Å². The topological polar surface area (TPSA) is 42.7 Å². The van der Waals surface area contributed by atoms with E-state index in [1.54, 1.807) is 0 Å². The molecule has 0 amide bonds. The Morgan fingerprint density at radius 3 is 2.53 bits per heavy atom. The first-order valence-electron chi connectivity index (χ1n) is 6.66. The fraction of sp³-hybridized carbons (Fsp3) is 0.467. The average molecular weight is 258 g/mol. The van der Waals surface area contributed by atoms with Gasteiger partial charge in [-0.2, -0.15) is 0 Å². The standard InChI is InChI=1S/C15H22N4/c1-12(13-8-6-5-7-9-13)19-11-14(17-18-19)10-16-15(2,3)4/h5-9,11-12,16H,10H2,1-4H3. The van der Waals surface area contributed by atoms with Crippen molar-refractivity contribution in [1.82, 2.24) is 20.3 Å². The Bertz CT molecular complexity index is 510. The normalized spacial score (nSPS) is 13.5. The molecule has 1 heterocycles. The number of nitrogens with zero attached hydrogens (tertiary/aromatic N) is 3. The van der Waals surface area contributed by atoms with Crippen molar-refractivity contribution in [2.45, 2.75) is 45.8 Å². The Kier molecular flexibility index (Phi) is 4.00. The van der Waals surface area contributed by atoms with Crippen molar-refractivity contribution >= 4 is 0 Å². The van der Waals surface area contributed by atoms with E-state index < -0.39 is 0 Å². The summed E-state index contributed by atoms with van der Waals surface area (Å²) in [4.78, 5) is 0. The SMILES string of the molecule is CC(c1ccccc1)n1cc(CNC(C)(C)C)nn1. The lowest BCUT2D eigenvalue weighted by molar-refractivity contribution is 0.421. The zero-order chi connectivity index (χ0) is 13.9. The van der Waals surface area contributed by atoms with E-state index in [2.05, 4.69) is 55.5 Å². The number of hydrogen-bond acceptors (Lipinski definition) is 3. The van der Waals surface area contributed by atoms with Crippen molar-refractivity contribution in [2.24, 2.45) is 0 Å². The molecule has 0 fully saturated rings. The summed E-state index contributed by atoms with van der Waals surface area (Å²) in [5.41, 5.74) is 2.30. The minimum atomic E-state index is 0.0921. The van der Waals surface area contributed by atoms with Gasteiger partial charge in [0.1, 0.15) is 0 Å². The molecule has 0 radical (unpaired) electrons. The molecular weight excluding hydrogens is 236 g/mol. The van der Waals surface area contributed by atoms with Gasteiger partial charge in [-0.3, -0.25) is 0 Å². The summed E-state index contributed by atoms with van der Waals surface area (Å²) in [5.74, 6) is 0. The van der Waals surface area contributed by atoms with Crippen molar-refractivity contribution in [3.63, 3.8) is 0 Å². The van der Waals surface area contributed by atoms with Gasteiger partial charge in [-0.25, -0.2) is 4.68 Å². The average Bonchev–Trinajstić information content (AvgIpc) is 2.84. The van der Waals surface area contributed by atoms with Crippen LogP contribution in [0.2, 0.25) is 0 Å². The number of benzene rings is 1. The molecule has 0 aliphatic heterocycles. The molecule has 2 aromatic rings. The second-order valence-corrected chi connectivity index (χ2v) is 5.88. The summed E-state index contributed by atoms with van der Waals surface area (Å²) in [5, 5.41) is 11.9. The van der Waals surface area contributed by atoms with E-state index in [4.69, 9.17) is 0 Å². The number of nitrogens with one attached hydrogen (secondary N) is 1. The summed E-state index contributed by atoms with van der Waals surface area (Å²) in [7, 11) is 0. The largest absolute Gasteiger partial charge is 0.306 e. The molecule has 1 N–H and O–H groups in total. The van der Waals surface area contributed by atoms with E-state index in [1.165, 1.54) is 5.56 Å². The van der Waals surface area contributed by atoms with Gasteiger partial charge < -0.3 is 5.32 Å². The van der Waals surface area contributed by atoms with Crippen molar-refractivity contribution in [3.05, 3.63) is 47.8 Å². The van der Waals surface area contributed by atoms with Gasteiger partial charge in [0.15, 0.2) is 0 Å². The number of aromatic nitrogens is 3. The van der Waals surface area contributed by atoms with Crippen LogP contribution < -0.4 is 5.32 Å². The van der Waals surface area contributed by atoms with Crippen LogP contribution >= 0.6 is 0 Å². The van der Waals surface area contributed by atoms with Crippen LogP contribution in [0.4, 0.5) is 0 Å². The van der Waals surface area contributed by atoms with Crippen LogP contribution in [0.3, 0.4) is 0 Å². The summed E-state index contributed by atoms with van der Waals surface area (Å²) < 4.78 is 1.91. The highest BCUT2D eigenvalue weighted by molar-refractivity contribution is 5.18. The molecule has 4 heteroatoms. The molecule has 4 nitrogen and oxygen atoms in total. The second kappa shape index (κ2) is 5.53. The zero-order valence-electron chi connectivity index (χ0n) is 12.1. The Hall–Kier alpha value is -1.68. The Balaban J connectivity index is 2.05. The Labute approximate surface area is 114 Å². The summed E-state index contributed by atoms with van der Waals surface area (Å²) in [6.07, 6.45) is 2.01. The Morgan fingerprint density at radius 2 is 1.89 bits per heavy atom. The maximum Gasteiger partial charge on any atom is 0.0965 e. The third-order valence-electron chi connectivity index (χ3n) is 3.04. The van der Waals surface area contributed by atoms with Gasteiger partial charge in [-0.1, -0.05) is 35.5 Å². The van der Waals surface area contributed by atoms with Crippen LogP contribution in [-0.4, -0.2) is 20.5 Å². The maximum absolute atomic E-state index is 4.22. The van der Waals surface area contributed by atoms with E-state index in [0.29, 0.717) is 0 Å². The third kappa shape index (κ3) is 3.89. The predicted molar refractivity (Wildman–Crippen MR) is 76.9 cm³/mol. The van der Waals surface area contributed by atoms with E-state index >= 15 is 0 Å². The lowest BCUT2D eigenvalue weighted by Gasteiger charge is -2.19. The van der Waals surface area contributed by atoms with Crippen LogP contribution in [0.5, 0.6) is 0 Å². The number of rotatable bonds is 4. The molecule has 0 aliphatic carbocycles. The summed E-state index contributed by atoms with van der Waals surface area (Å²) in [6.45, 7) is 9.30. The van der Waals surface area contributed by atoms with Gasteiger partial charge in [-0.05, 0) is 33.3 Å². The van der Waals surface area contributed by atoms with Gasteiger partial charge >= 0.3 is 0 Å². The monoisotopic (exact) mass is 258 g/mol. The molecule has 0 bridgehead atoms. The van der Waals surface area contributed by atoms with Gasteiger partial charge in [0.05, 0.1) is 17.9 Å². The van der Waals surface area contributed by atoms with Crippen molar-refractivity contribution in [3.8, 4) is 0 Å². The molecule has 2 rings (SSSR count). The second-order valence-electron chi connectivity index (χ2n) is 5.88. The first kappa shape index (κ1) is 13.7. The van der Waals surface area contributed by atoms with Gasteiger partial charge in [0.2, 0.25) is 0 Å². The summed E-state index contributed by atoms with van der Waals surface area (Å²) >= 11 is 0. The molecule has 1 aromatic carbocycles. The molecule has 0 aliphatic rings. The highest BCUT2D eigenvalue weighted by Crippen LogP contribution is 2.16. The summed E-state index contributed by atoms with van der Waals surface area (Å²) in [6, 6.07) is 10.5. The lowest BCUT2D eigenvalue weighted by Crippen LogP contribution is -2.35. The predicted octanol–water partition coefficient (Wildman–Crippen LogP) is 2.78. The third-order valence-corrected chi connectivity index (χ3v) is 3.04. The van der Waals surface area contributed by atoms with Crippen LogP contribution in [0, 0.1) is 0 Å². The molecular formula is C15H22N4. The van der Waals surface area contributed by atoms with Crippen LogP contribution in [0.25, 0.3) is 0 Å². The van der Waals surface area contributed by atoms with Crippen LogP contribution in [0.15, 0.2) is 36.5 Å². The van der Waals surface area contributed by atoms with Gasteiger partial charge in [-0.15, -0.1) is 5.10 Å². The van der Waals surface area contributed by atoms with E-state index in [9.17, 15) is 0 Å². The number of hydrogen-bond donors (Lipinski definition) is 1. The van der Waals surface area contributed by atoms with Crippen molar-refractivity contribution in [2.75, 3.05) is 0 Å². The highest BCUT2D eigenvalue weighted by atomic mass is 15.4. The molecule has 102 valence electrons. The zero-order valence-corrected chi connectivity index (χ0v) is 12.1. The maximum atomic E-state index is 4.22. The molecule has 1 aromatic heterocycles. The minimum Gasteiger partial charge on any atom is -0.306 e. The molecule has 0 spiro atoms. The molecule has 1 atom stereocenters. The van der Waals surface area contributed by atoms with E-state index in [0.717, 1.165) is 12.2 Å². The minimum absolute atomic E-state index is 0.0921. The lowest BCUT2D eigenvalue weighted by atomic mass is 10.1. The van der Waals surface area contributed by atoms with Gasteiger partial charge in [0.25, 0.3) is 0 Å². The first-order valence-corrected chi connectivity index (χ1v) is 6.66. The Morgan fingerprint density at radius 1 is 1.21 bits per heavy atom. The molecule has 1 unspecified atom stereocenters. The smallest absolute Gasteiger partial charge is 0.0965 e. The van der Waals surface area contributed by atoms with Crippen molar-refractivity contribution < 1.29 is 0 Å². The van der Waals surface area contributed by atoms with E-state index in [1.807, 2.05) is 29.1 Å². The van der Waals surface area contributed by atoms with Crippen LogP contribution in [-0.2, 0) is 6.54 Å². The van der Waals surface area contributed by atoms with Crippen molar-refractivity contribution in [1.29, 1.82) is 0 Å². The molecule has 0 saturated carbocycles. The highest BCUT2D eigenvalue weighted by Gasteiger charge is 2.12. The molecule has 0 saturated heterocycles. The molecule has 19 heavy (non-hydrogen) atoms. The van der Waals surface area contributed by atoms with E-state index in [-0.39, 0.29) is 11.6 Å². The van der Waals surface area contributed by atoms with Crippen LogP contribution in [0.1, 0.15) is 45.0 Å². The fourth-order valence-corrected chi connectivity index (χ4v) is 1.82. The fourth-order valence-electron chi connectivity index (χ4n) is 1.82. The quantitative estimate of drug-likeness (QED) is 0.917.